The number of fused-ring (bicyclic) bond motifs is 1. The van der Waals surface area contributed by atoms with Gasteiger partial charge in [-0.05, 0) is 34.2 Å². The molecule has 1 atom stereocenters. The maximum absolute atomic E-state index is 2.39. The highest BCUT2D eigenvalue weighted by Gasteiger charge is 2.21. The van der Waals surface area contributed by atoms with Gasteiger partial charge in [0.05, 0.1) is 0 Å². The maximum Gasteiger partial charge on any atom is 0.0275 e. The first-order valence-corrected chi connectivity index (χ1v) is 8.48. The van der Waals surface area contributed by atoms with Crippen molar-refractivity contribution in [2.75, 3.05) is 0 Å². The van der Waals surface area contributed by atoms with Crippen molar-refractivity contribution in [3.63, 3.8) is 0 Å². The van der Waals surface area contributed by atoms with Crippen LogP contribution in [0, 0.1) is 0 Å². The summed E-state index contributed by atoms with van der Waals surface area (Å²) in [5, 5.41) is 0. The summed E-state index contributed by atoms with van der Waals surface area (Å²) in [6.07, 6.45) is 7.99. The Morgan fingerprint density at radius 3 is 2.17 bits per heavy atom. The number of rotatable bonds is 4. The quantitative estimate of drug-likeness (QED) is 0.544. The van der Waals surface area contributed by atoms with E-state index in [1.807, 2.05) is 0 Å². The first-order valence-electron chi connectivity index (χ1n) is 8.48. The van der Waals surface area contributed by atoms with Gasteiger partial charge in [0.1, 0.15) is 0 Å². The van der Waals surface area contributed by atoms with Crippen molar-refractivity contribution in [2.24, 2.45) is 0 Å². The first kappa shape index (κ1) is 14.7. The van der Waals surface area contributed by atoms with E-state index in [1.54, 1.807) is 0 Å². The van der Waals surface area contributed by atoms with Crippen LogP contribution in [0.1, 0.15) is 28.2 Å². The van der Waals surface area contributed by atoms with Crippen molar-refractivity contribution in [3.05, 3.63) is 119 Å². The Morgan fingerprint density at radius 2 is 1.38 bits per heavy atom. The molecule has 0 N–H and O–H groups in total. The van der Waals surface area contributed by atoms with Crippen LogP contribution in [0.4, 0.5) is 0 Å². The third kappa shape index (κ3) is 2.96. The van der Waals surface area contributed by atoms with E-state index in [0.29, 0.717) is 0 Å². The summed E-state index contributed by atoms with van der Waals surface area (Å²) in [7, 11) is 0. The van der Waals surface area contributed by atoms with E-state index in [0.717, 1.165) is 6.42 Å². The van der Waals surface area contributed by atoms with Crippen LogP contribution in [-0.4, -0.2) is 0 Å². The fraction of sp³-hybridized carbons (Fsp3) is 0.0833. The van der Waals surface area contributed by atoms with Gasteiger partial charge in [-0.3, -0.25) is 0 Å². The fourth-order valence-corrected chi connectivity index (χ4v) is 3.43. The Morgan fingerprint density at radius 1 is 0.708 bits per heavy atom. The molecule has 116 valence electrons. The topological polar surface area (TPSA) is 0 Å². The van der Waals surface area contributed by atoms with Crippen LogP contribution in [0.2, 0.25) is 0 Å². The van der Waals surface area contributed by atoms with E-state index in [9.17, 15) is 0 Å². The van der Waals surface area contributed by atoms with Crippen LogP contribution < -0.4 is 0 Å². The smallest absolute Gasteiger partial charge is 0.0275 e. The minimum absolute atomic E-state index is 0.287. The molecule has 0 spiro atoms. The summed E-state index contributed by atoms with van der Waals surface area (Å²) in [6.45, 7) is 0. The van der Waals surface area contributed by atoms with E-state index >= 15 is 0 Å². The lowest BCUT2D eigenvalue weighted by atomic mass is 9.87. The van der Waals surface area contributed by atoms with Gasteiger partial charge in [-0.1, -0.05) is 103 Å². The molecule has 0 aromatic heterocycles. The van der Waals surface area contributed by atoms with Gasteiger partial charge in [0, 0.05) is 5.92 Å². The second-order valence-electron chi connectivity index (χ2n) is 6.18. The number of hydrogen-bond acceptors (Lipinski definition) is 0. The lowest BCUT2D eigenvalue weighted by Crippen LogP contribution is -1.98. The molecule has 0 bridgehead atoms. The third-order valence-electron chi connectivity index (χ3n) is 4.64. The van der Waals surface area contributed by atoms with Crippen LogP contribution in [0.25, 0.3) is 11.6 Å². The van der Waals surface area contributed by atoms with E-state index in [2.05, 4.69) is 103 Å². The normalized spacial score (nSPS) is 14.4. The van der Waals surface area contributed by atoms with Gasteiger partial charge in [0.15, 0.2) is 0 Å². The van der Waals surface area contributed by atoms with Gasteiger partial charge in [0.25, 0.3) is 0 Å². The van der Waals surface area contributed by atoms with Gasteiger partial charge < -0.3 is 0 Å². The van der Waals surface area contributed by atoms with Crippen LogP contribution >= 0.6 is 0 Å². The van der Waals surface area contributed by atoms with E-state index in [4.69, 9.17) is 0 Å². The van der Waals surface area contributed by atoms with Crippen molar-refractivity contribution in [1.82, 2.24) is 0 Å². The Labute approximate surface area is 143 Å². The molecule has 0 saturated heterocycles. The predicted molar refractivity (Wildman–Crippen MR) is 103 cm³/mol. The molecule has 3 aromatic rings. The predicted octanol–water partition coefficient (Wildman–Crippen LogP) is 6.12. The molecule has 3 aromatic carbocycles. The molecule has 0 amide bonds. The minimum Gasteiger partial charge on any atom is -0.0753 e. The Kier molecular flexibility index (Phi) is 4.12. The summed E-state index contributed by atoms with van der Waals surface area (Å²) in [6, 6.07) is 30.1. The third-order valence-corrected chi connectivity index (χ3v) is 4.64. The van der Waals surface area contributed by atoms with Gasteiger partial charge >= 0.3 is 0 Å². The highest BCUT2D eigenvalue weighted by molar-refractivity contribution is 5.80. The summed E-state index contributed by atoms with van der Waals surface area (Å²) in [4.78, 5) is 0. The zero-order valence-electron chi connectivity index (χ0n) is 13.6. The molecule has 0 radical (unpaired) electrons. The van der Waals surface area contributed by atoms with E-state index in [-0.39, 0.29) is 5.92 Å². The zero-order chi connectivity index (χ0) is 16.2. The molecule has 0 nitrogen and oxygen atoms in total. The number of hydrogen-bond donors (Lipinski definition) is 0. The lowest BCUT2D eigenvalue weighted by Gasteiger charge is -2.17. The summed E-state index contributed by atoms with van der Waals surface area (Å²) < 4.78 is 0. The molecule has 0 fully saturated rings. The molecule has 4 rings (SSSR count). The molecule has 0 aliphatic heterocycles. The molecule has 24 heavy (non-hydrogen) atoms. The van der Waals surface area contributed by atoms with Crippen LogP contribution in [-0.2, 0) is 6.42 Å². The fourth-order valence-electron chi connectivity index (χ4n) is 3.43. The van der Waals surface area contributed by atoms with Crippen molar-refractivity contribution < 1.29 is 0 Å². The zero-order valence-corrected chi connectivity index (χ0v) is 13.6. The summed E-state index contributed by atoms with van der Waals surface area (Å²) >= 11 is 0. The lowest BCUT2D eigenvalue weighted by molar-refractivity contribution is 1.11. The van der Waals surface area contributed by atoms with Crippen molar-refractivity contribution in [2.45, 2.75) is 12.3 Å². The minimum atomic E-state index is 0.287. The molecule has 0 saturated carbocycles. The van der Waals surface area contributed by atoms with Gasteiger partial charge in [-0.25, -0.2) is 0 Å². The monoisotopic (exact) mass is 308 g/mol. The first-order chi connectivity index (χ1) is 11.9. The van der Waals surface area contributed by atoms with Gasteiger partial charge in [-0.2, -0.15) is 0 Å². The van der Waals surface area contributed by atoms with Crippen LogP contribution in [0.5, 0.6) is 0 Å². The van der Waals surface area contributed by atoms with Crippen molar-refractivity contribution >= 4 is 11.6 Å². The highest BCUT2D eigenvalue weighted by atomic mass is 14.2. The average molecular weight is 308 g/mol. The van der Waals surface area contributed by atoms with Crippen LogP contribution in [0.3, 0.4) is 0 Å². The van der Waals surface area contributed by atoms with E-state index in [1.165, 1.54) is 27.8 Å². The maximum atomic E-state index is 2.39. The van der Waals surface area contributed by atoms with Gasteiger partial charge in [-0.15, -0.1) is 0 Å². The van der Waals surface area contributed by atoms with Gasteiger partial charge in [0.2, 0.25) is 0 Å². The molecule has 1 aliphatic rings. The second-order valence-corrected chi connectivity index (χ2v) is 6.18. The Bertz CT molecular complexity index is 870. The van der Waals surface area contributed by atoms with Crippen LogP contribution in [0.15, 0.2) is 97.1 Å². The molecule has 0 unspecified atom stereocenters. The molecule has 0 heterocycles. The number of allylic oxidation sites excluding steroid dienone is 3. The SMILES string of the molecule is C1=C([C@@H](/C=C/c2ccccc2)c2ccccc2)c2ccccc2C1. The Hall–Kier alpha value is -2.86. The molecular formula is C24H20. The molecular weight excluding hydrogens is 288 g/mol. The molecule has 1 aliphatic carbocycles. The molecule has 0 heteroatoms. The average Bonchev–Trinajstić information content (AvgIpc) is 3.08. The largest absolute Gasteiger partial charge is 0.0753 e. The summed E-state index contributed by atoms with van der Waals surface area (Å²) in [5.74, 6) is 0.287. The van der Waals surface area contributed by atoms with Crippen molar-refractivity contribution in [3.8, 4) is 0 Å². The van der Waals surface area contributed by atoms with Crippen molar-refractivity contribution in [1.29, 1.82) is 0 Å². The second kappa shape index (κ2) is 6.72. The van der Waals surface area contributed by atoms with E-state index < -0.39 is 0 Å². The standard InChI is InChI=1S/C24H20/c1-3-9-19(10-4-1)15-17-23(20-11-5-2-6-12-20)24-18-16-21-13-7-8-14-22(21)24/h1-15,17-18,23H,16H2/b17-15+/t23-/m0/s1. The Balaban J connectivity index is 1.74. The summed E-state index contributed by atoms with van der Waals surface area (Å²) in [5.41, 5.74) is 6.83. The highest BCUT2D eigenvalue weighted by Crippen LogP contribution is 2.39. The number of benzene rings is 3.